The molecule has 1 aliphatic heterocycles. The lowest BCUT2D eigenvalue weighted by Gasteiger charge is -2.30. The summed E-state index contributed by atoms with van der Waals surface area (Å²) < 4.78 is 32.2. The van der Waals surface area contributed by atoms with Gasteiger partial charge in [-0.1, -0.05) is 41.4 Å². The highest BCUT2D eigenvalue weighted by atomic mass is 35.5. The second kappa shape index (κ2) is 8.42. The van der Waals surface area contributed by atoms with E-state index in [1.54, 1.807) is 12.1 Å². The van der Waals surface area contributed by atoms with Gasteiger partial charge in [0.25, 0.3) is 0 Å². The fourth-order valence-corrected chi connectivity index (χ4v) is 4.64. The average molecular weight is 408 g/mol. The predicted molar refractivity (Wildman–Crippen MR) is 104 cm³/mol. The van der Waals surface area contributed by atoms with Gasteiger partial charge in [0, 0.05) is 18.1 Å². The predicted octanol–water partition coefficient (Wildman–Crippen LogP) is 3.79. The molecule has 1 heterocycles. The maximum atomic E-state index is 12.7. The minimum Gasteiger partial charge on any atom is -0.461 e. The number of sulfonamides is 1. The zero-order valence-electron chi connectivity index (χ0n) is 15.1. The Morgan fingerprint density at radius 2 is 1.67 bits per heavy atom. The number of piperidine rings is 1. The van der Waals surface area contributed by atoms with E-state index >= 15 is 0 Å². The van der Waals surface area contributed by atoms with E-state index in [4.69, 9.17) is 16.3 Å². The molecule has 0 radical (unpaired) electrons. The first-order valence-electron chi connectivity index (χ1n) is 8.84. The Hall–Kier alpha value is -1.89. The second-order valence-corrected chi connectivity index (χ2v) is 9.10. The number of ether oxygens (including phenoxy) is 1. The number of aryl methyl sites for hydroxylation is 1. The molecule has 144 valence electrons. The van der Waals surface area contributed by atoms with Gasteiger partial charge in [-0.15, -0.1) is 0 Å². The van der Waals surface area contributed by atoms with E-state index in [0.717, 1.165) is 11.1 Å². The minimum atomic E-state index is -3.56. The standard InChI is InChI=1S/C20H22ClNO4S/c1-15-2-4-16(5-3-15)14-26-20(23)17-10-12-22(13-11-17)27(24,25)19-8-6-18(21)7-9-19/h2-9,17H,10-14H2,1H3. The van der Waals surface area contributed by atoms with E-state index in [2.05, 4.69) is 0 Å². The topological polar surface area (TPSA) is 63.7 Å². The second-order valence-electron chi connectivity index (χ2n) is 6.73. The van der Waals surface area contributed by atoms with Gasteiger partial charge in [-0.05, 0) is 49.6 Å². The summed E-state index contributed by atoms with van der Waals surface area (Å²) in [7, 11) is -3.56. The van der Waals surface area contributed by atoms with Crippen molar-refractivity contribution in [1.82, 2.24) is 4.31 Å². The van der Waals surface area contributed by atoms with Crippen LogP contribution in [-0.4, -0.2) is 31.8 Å². The quantitative estimate of drug-likeness (QED) is 0.707. The van der Waals surface area contributed by atoms with Crippen LogP contribution in [0.3, 0.4) is 0 Å². The molecule has 0 spiro atoms. The molecule has 0 aliphatic carbocycles. The van der Waals surface area contributed by atoms with Crippen LogP contribution in [0.15, 0.2) is 53.4 Å². The summed E-state index contributed by atoms with van der Waals surface area (Å²) in [4.78, 5) is 12.5. The van der Waals surface area contributed by atoms with Crippen molar-refractivity contribution in [3.05, 3.63) is 64.7 Å². The molecule has 0 bridgehead atoms. The molecule has 0 aromatic heterocycles. The molecule has 1 saturated heterocycles. The highest BCUT2D eigenvalue weighted by molar-refractivity contribution is 7.89. The first-order chi connectivity index (χ1) is 12.9. The number of hydrogen-bond donors (Lipinski definition) is 0. The first kappa shape index (κ1) is 19.9. The molecule has 2 aromatic carbocycles. The van der Waals surface area contributed by atoms with Crippen molar-refractivity contribution >= 4 is 27.6 Å². The molecule has 27 heavy (non-hydrogen) atoms. The fourth-order valence-electron chi connectivity index (χ4n) is 3.04. The minimum absolute atomic E-state index is 0.215. The Morgan fingerprint density at radius 1 is 1.07 bits per heavy atom. The summed E-state index contributed by atoms with van der Waals surface area (Å²) in [6.45, 7) is 2.84. The van der Waals surface area contributed by atoms with Crippen molar-refractivity contribution in [3.63, 3.8) is 0 Å². The van der Waals surface area contributed by atoms with Crippen LogP contribution in [0.25, 0.3) is 0 Å². The normalized spacial score (nSPS) is 16.2. The molecule has 3 rings (SSSR count). The van der Waals surface area contributed by atoms with Crippen LogP contribution in [-0.2, 0) is 26.2 Å². The maximum Gasteiger partial charge on any atom is 0.309 e. The van der Waals surface area contributed by atoms with E-state index in [1.165, 1.54) is 16.4 Å². The SMILES string of the molecule is Cc1ccc(COC(=O)C2CCN(S(=O)(=O)c3ccc(Cl)cc3)CC2)cc1. The van der Waals surface area contributed by atoms with Crippen LogP contribution < -0.4 is 0 Å². The van der Waals surface area contributed by atoms with Gasteiger partial charge < -0.3 is 4.74 Å². The van der Waals surface area contributed by atoms with Crippen LogP contribution in [0, 0.1) is 12.8 Å². The van der Waals surface area contributed by atoms with E-state index in [1.807, 2.05) is 31.2 Å². The summed E-state index contributed by atoms with van der Waals surface area (Å²) in [5, 5.41) is 0.490. The highest BCUT2D eigenvalue weighted by Crippen LogP contribution is 2.25. The van der Waals surface area contributed by atoms with Gasteiger partial charge in [0.2, 0.25) is 10.0 Å². The van der Waals surface area contributed by atoms with Gasteiger partial charge in [-0.25, -0.2) is 8.42 Å². The molecular weight excluding hydrogens is 386 g/mol. The van der Waals surface area contributed by atoms with E-state index < -0.39 is 10.0 Å². The molecule has 0 amide bonds. The lowest BCUT2D eigenvalue weighted by molar-refractivity contribution is -0.151. The van der Waals surface area contributed by atoms with Crippen LogP contribution in [0.2, 0.25) is 5.02 Å². The molecule has 2 aromatic rings. The number of carbonyl (C=O) groups is 1. The molecule has 0 unspecified atom stereocenters. The zero-order valence-corrected chi connectivity index (χ0v) is 16.7. The molecule has 1 fully saturated rings. The summed E-state index contributed by atoms with van der Waals surface area (Å²) in [5.41, 5.74) is 2.09. The van der Waals surface area contributed by atoms with Gasteiger partial charge in [-0.3, -0.25) is 4.79 Å². The average Bonchev–Trinajstić information content (AvgIpc) is 2.68. The summed E-state index contributed by atoms with van der Waals surface area (Å²) in [6.07, 6.45) is 0.916. The van der Waals surface area contributed by atoms with E-state index in [-0.39, 0.29) is 23.4 Å². The largest absolute Gasteiger partial charge is 0.461 e. The van der Waals surface area contributed by atoms with Crippen LogP contribution in [0.1, 0.15) is 24.0 Å². The van der Waals surface area contributed by atoms with Crippen LogP contribution in [0.5, 0.6) is 0 Å². The van der Waals surface area contributed by atoms with Gasteiger partial charge >= 0.3 is 5.97 Å². The lowest BCUT2D eigenvalue weighted by atomic mass is 9.98. The summed E-state index contributed by atoms with van der Waals surface area (Å²) >= 11 is 5.82. The van der Waals surface area contributed by atoms with Crippen LogP contribution >= 0.6 is 11.6 Å². The third-order valence-electron chi connectivity index (χ3n) is 4.74. The van der Waals surface area contributed by atoms with Crippen LogP contribution in [0.4, 0.5) is 0 Å². The van der Waals surface area contributed by atoms with E-state index in [9.17, 15) is 13.2 Å². The monoisotopic (exact) mass is 407 g/mol. The molecule has 0 saturated carbocycles. The molecule has 1 aliphatic rings. The number of rotatable bonds is 5. The van der Waals surface area contributed by atoms with Crippen molar-refractivity contribution in [2.24, 2.45) is 5.92 Å². The third-order valence-corrected chi connectivity index (χ3v) is 6.91. The molecule has 7 heteroatoms. The Kier molecular flexibility index (Phi) is 6.19. The van der Waals surface area contributed by atoms with Gasteiger partial charge in [0.15, 0.2) is 0 Å². The number of esters is 1. The summed E-state index contributed by atoms with van der Waals surface area (Å²) in [5.74, 6) is -0.536. The Balaban J connectivity index is 1.54. The van der Waals surface area contributed by atoms with Gasteiger partial charge in [-0.2, -0.15) is 4.31 Å². The number of nitrogens with zero attached hydrogens (tertiary/aromatic N) is 1. The zero-order chi connectivity index (χ0) is 19.4. The molecule has 0 atom stereocenters. The van der Waals surface area contributed by atoms with Crippen molar-refractivity contribution < 1.29 is 17.9 Å². The van der Waals surface area contributed by atoms with E-state index in [0.29, 0.717) is 31.0 Å². The third kappa shape index (κ3) is 4.89. The highest BCUT2D eigenvalue weighted by Gasteiger charge is 2.32. The molecule has 5 nitrogen and oxygen atoms in total. The Labute approximate surface area is 165 Å². The molecule has 0 N–H and O–H groups in total. The Bertz CT molecular complexity index is 887. The smallest absolute Gasteiger partial charge is 0.309 e. The van der Waals surface area contributed by atoms with Crippen molar-refractivity contribution in [3.8, 4) is 0 Å². The number of halogens is 1. The molecular formula is C20H22ClNO4S. The van der Waals surface area contributed by atoms with Crippen molar-refractivity contribution in [1.29, 1.82) is 0 Å². The van der Waals surface area contributed by atoms with Gasteiger partial charge in [0.05, 0.1) is 10.8 Å². The summed E-state index contributed by atoms with van der Waals surface area (Å²) in [6, 6.07) is 13.9. The first-order valence-corrected chi connectivity index (χ1v) is 10.7. The Morgan fingerprint density at radius 3 is 2.26 bits per heavy atom. The fraction of sp³-hybridized carbons (Fsp3) is 0.350. The van der Waals surface area contributed by atoms with Crippen molar-refractivity contribution in [2.75, 3.05) is 13.1 Å². The lowest BCUT2D eigenvalue weighted by Crippen LogP contribution is -2.40. The number of benzene rings is 2. The van der Waals surface area contributed by atoms with Crippen molar-refractivity contribution in [2.45, 2.75) is 31.3 Å². The maximum absolute atomic E-state index is 12.7. The number of carbonyl (C=O) groups excluding carboxylic acids is 1. The number of hydrogen-bond acceptors (Lipinski definition) is 4. The van der Waals surface area contributed by atoms with Gasteiger partial charge in [0.1, 0.15) is 6.61 Å².